The number of benzene rings is 6. The maximum Gasteiger partial charge on any atom is 0.298 e. The number of ketones is 4. The SMILES string of the molecule is CC(OS(=O)(=O)c1ccc2cc(S(=O)(=O)OC(C)(C(=O)c3ccccc3)C(=O)c3ccccc3)ccc2c1)(C(=O)c1ccccc1)C(=O)c1ccccc1. The fourth-order valence-electron chi connectivity index (χ4n) is 5.87. The molecule has 6 aromatic carbocycles. The van der Waals surface area contributed by atoms with E-state index in [2.05, 4.69) is 0 Å². The maximum atomic E-state index is 13.8. The summed E-state index contributed by atoms with van der Waals surface area (Å²) in [5.41, 5.74) is -4.76. The molecule has 0 saturated carbocycles. The molecule has 0 aliphatic heterocycles. The average molecular weight is 761 g/mol. The van der Waals surface area contributed by atoms with E-state index in [1.807, 2.05) is 0 Å². The molecule has 0 amide bonds. The van der Waals surface area contributed by atoms with Gasteiger partial charge in [-0.1, -0.05) is 133 Å². The lowest BCUT2D eigenvalue weighted by Crippen LogP contribution is -2.48. The molecular formula is C42H32O10S2. The fourth-order valence-corrected chi connectivity index (χ4v) is 8.25. The highest BCUT2D eigenvalue weighted by molar-refractivity contribution is 7.87. The molecule has 0 N–H and O–H groups in total. The molecule has 0 bridgehead atoms. The quantitative estimate of drug-likeness (QED) is 0.0628. The predicted octanol–water partition coefficient (Wildman–Crippen LogP) is 7.30. The topological polar surface area (TPSA) is 155 Å². The van der Waals surface area contributed by atoms with E-state index in [0.29, 0.717) is 0 Å². The van der Waals surface area contributed by atoms with Crippen molar-refractivity contribution in [3.63, 3.8) is 0 Å². The van der Waals surface area contributed by atoms with Crippen LogP contribution in [0, 0.1) is 0 Å². The van der Waals surface area contributed by atoms with Crippen LogP contribution in [0.5, 0.6) is 0 Å². The zero-order valence-corrected chi connectivity index (χ0v) is 30.5. The Hall–Kier alpha value is -5.92. The standard InChI is InChI=1S/C42H32O10S2/c1-41(37(43)29-15-7-3-8-16-29,38(44)30-17-9-4-10-18-30)51-53(47,48)35-25-23-34-28-36(26-24-33(34)27-35)54(49,50)52-42(2,39(45)31-19-11-5-12-20-31)40(46)32-21-13-6-14-22-32/h3-28H,1-2H3. The van der Waals surface area contributed by atoms with Crippen LogP contribution < -0.4 is 0 Å². The lowest BCUT2D eigenvalue weighted by Gasteiger charge is -2.27. The predicted molar refractivity (Wildman–Crippen MR) is 200 cm³/mol. The summed E-state index contributed by atoms with van der Waals surface area (Å²) in [6.07, 6.45) is 0. The van der Waals surface area contributed by atoms with E-state index in [1.165, 1.54) is 72.8 Å². The van der Waals surface area contributed by atoms with E-state index in [-0.39, 0.29) is 33.0 Å². The highest BCUT2D eigenvalue weighted by Gasteiger charge is 2.48. The van der Waals surface area contributed by atoms with Crippen molar-refractivity contribution in [3.8, 4) is 0 Å². The second-order valence-electron chi connectivity index (χ2n) is 12.6. The first-order valence-electron chi connectivity index (χ1n) is 16.5. The molecule has 54 heavy (non-hydrogen) atoms. The molecule has 0 unspecified atom stereocenters. The van der Waals surface area contributed by atoms with Crippen LogP contribution in [0.15, 0.2) is 168 Å². The van der Waals surface area contributed by atoms with Crippen molar-refractivity contribution in [2.45, 2.75) is 34.8 Å². The lowest BCUT2D eigenvalue weighted by atomic mass is 9.87. The number of hydrogen-bond acceptors (Lipinski definition) is 10. The van der Waals surface area contributed by atoms with Gasteiger partial charge in [-0.25, -0.2) is 8.37 Å². The summed E-state index contributed by atoms with van der Waals surface area (Å²) in [4.78, 5) is 54.2. The van der Waals surface area contributed by atoms with Crippen molar-refractivity contribution in [1.82, 2.24) is 0 Å². The lowest BCUT2D eigenvalue weighted by molar-refractivity contribution is 0.0450. The summed E-state index contributed by atoms with van der Waals surface area (Å²) in [5, 5.41) is 0.486. The van der Waals surface area contributed by atoms with Gasteiger partial charge in [0.05, 0.1) is 9.79 Å². The van der Waals surface area contributed by atoms with Gasteiger partial charge in [-0.15, -0.1) is 0 Å². The van der Waals surface area contributed by atoms with Gasteiger partial charge in [-0.3, -0.25) is 19.2 Å². The van der Waals surface area contributed by atoms with Crippen molar-refractivity contribution in [2.75, 3.05) is 0 Å². The number of fused-ring (bicyclic) bond motifs is 1. The Labute approximate surface area is 312 Å². The second kappa shape index (κ2) is 14.8. The Bertz CT molecular complexity index is 2320. The van der Waals surface area contributed by atoms with Crippen LogP contribution in [0.1, 0.15) is 55.3 Å². The van der Waals surface area contributed by atoms with E-state index in [1.54, 1.807) is 72.8 Å². The van der Waals surface area contributed by atoms with Crippen LogP contribution in [0.4, 0.5) is 0 Å². The molecule has 6 aromatic rings. The van der Waals surface area contributed by atoms with Gasteiger partial charge in [-0.2, -0.15) is 16.8 Å². The van der Waals surface area contributed by atoms with E-state index in [0.717, 1.165) is 26.0 Å². The molecule has 6 rings (SSSR count). The average Bonchev–Trinajstić information content (AvgIpc) is 3.20. The van der Waals surface area contributed by atoms with Crippen molar-refractivity contribution in [1.29, 1.82) is 0 Å². The molecule has 0 fully saturated rings. The number of rotatable bonds is 14. The van der Waals surface area contributed by atoms with Gasteiger partial charge in [0.15, 0.2) is 0 Å². The highest BCUT2D eigenvalue weighted by atomic mass is 32.2. The van der Waals surface area contributed by atoms with Gasteiger partial charge in [0.1, 0.15) is 0 Å². The largest absolute Gasteiger partial charge is 0.298 e. The summed E-state index contributed by atoms with van der Waals surface area (Å²) < 4.78 is 66.3. The number of carbonyl (C=O) groups is 4. The number of Topliss-reactive ketones (excluding diaryl/α,β-unsaturated/α-hetero) is 4. The smallest absolute Gasteiger partial charge is 0.290 e. The molecule has 0 spiro atoms. The third kappa shape index (κ3) is 7.45. The maximum absolute atomic E-state index is 13.8. The zero-order valence-electron chi connectivity index (χ0n) is 28.9. The summed E-state index contributed by atoms with van der Waals surface area (Å²) in [6, 6.07) is 38.0. The molecule has 0 aliphatic carbocycles. The van der Waals surface area contributed by atoms with Crippen molar-refractivity contribution in [2.24, 2.45) is 0 Å². The van der Waals surface area contributed by atoms with E-state index < -0.39 is 64.4 Å². The van der Waals surface area contributed by atoms with Gasteiger partial charge >= 0.3 is 0 Å². The first-order valence-corrected chi connectivity index (χ1v) is 19.3. The van der Waals surface area contributed by atoms with Crippen LogP contribution in [-0.2, 0) is 28.6 Å². The minimum absolute atomic E-state index is 0.0565. The Morgan fingerprint density at radius 2 is 0.630 bits per heavy atom. The van der Waals surface area contributed by atoms with E-state index in [9.17, 15) is 36.0 Å². The minimum atomic E-state index is -4.81. The van der Waals surface area contributed by atoms with Gasteiger partial charge in [-0.05, 0) is 48.9 Å². The van der Waals surface area contributed by atoms with Crippen molar-refractivity contribution < 1.29 is 44.4 Å². The third-order valence-electron chi connectivity index (χ3n) is 8.79. The molecular weight excluding hydrogens is 729 g/mol. The first kappa shape index (κ1) is 37.8. The van der Waals surface area contributed by atoms with E-state index in [4.69, 9.17) is 8.37 Å². The Morgan fingerprint density at radius 1 is 0.389 bits per heavy atom. The molecule has 10 nitrogen and oxygen atoms in total. The van der Waals surface area contributed by atoms with Crippen LogP contribution in [-0.4, -0.2) is 51.2 Å². The van der Waals surface area contributed by atoms with Crippen LogP contribution in [0.3, 0.4) is 0 Å². The van der Waals surface area contributed by atoms with Crippen LogP contribution >= 0.6 is 0 Å². The molecule has 0 atom stereocenters. The summed E-state index contributed by atoms with van der Waals surface area (Å²) in [6.45, 7) is 2.21. The monoisotopic (exact) mass is 760 g/mol. The zero-order chi connectivity index (χ0) is 38.7. The summed E-state index contributed by atoms with van der Waals surface area (Å²) in [5.74, 6) is -3.50. The summed E-state index contributed by atoms with van der Waals surface area (Å²) >= 11 is 0. The highest BCUT2D eigenvalue weighted by Crippen LogP contribution is 2.32. The Balaban J connectivity index is 1.33. The van der Waals surface area contributed by atoms with Gasteiger partial charge in [0, 0.05) is 22.3 Å². The van der Waals surface area contributed by atoms with Crippen molar-refractivity contribution in [3.05, 3.63) is 180 Å². The molecule has 0 aliphatic rings. The minimum Gasteiger partial charge on any atom is -0.290 e. The molecule has 0 radical (unpaired) electrons. The second-order valence-corrected chi connectivity index (χ2v) is 15.7. The third-order valence-corrected chi connectivity index (χ3v) is 11.6. The van der Waals surface area contributed by atoms with E-state index >= 15 is 0 Å². The van der Waals surface area contributed by atoms with Gasteiger partial charge in [0.25, 0.3) is 20.2 Å². The Morgan fingerprint density at radius 3 is 0.870 bits per heavy atom. The molecule has 0 aromatic heterocycles. The van der Waals surface area contributed by atoms with Gasteiger partial charge < -0.3 is 0 Å². The van der Waals surface area contributed by atoms with Crippen LogP contribution in [0.2, 0.25) is 0 Å². The first-order chi connectivity index (χ1) is 25.7. The van der Waals surface area contributed by atoms with Crippen LogP contribution in [0.25, 0.3) is 10.8 Å². The normalized spacial score (nSPS) is 12.3. The number of hydrogen-bond donors (Lipinski definition) is 0. The molecule has 272 valence electrons. The molecule has 0 heterocycles. The Kier molecular flexibility index (Phi) is 10.4. The van der Waals surface area contributed by atoms with Gasteiger partial charge in [0.2, 0.25) is 34.3 Å². The molecule has 12 heteroatoms. The van der Waals surface area contributed by atoms with Crippen molar-refractivity contribution >= 4 is 54.1 Å². The number of carbonyl (C=O) groups excluding carboxylic acids is 4. The fraction of sp³-hybridized carbons (Fsp3) is 0.0952. The summed E-state index contributed by atoms with van der Waals surface area (Å²) in [7, 11) is -9.62. The molecule has 0 saturated heterocycles.